The number of hydrogen-bond donors (Lipinski definition) is 2. The molecule has 2 heterocycles. The third kappa shape index (κ3) is 8.54. The van der Waals surface area contributed by atoms with E-state index < -0.39 is 0 Å². The van der Waals surface area contributed by atoms with Gasteiger partial charge in [0.2, 0.25) is 0 Å². The lowest BCUT2D eigenvalue weighted by molar-refractivity contribution is 0.520. The van der Waals surface area contributed by atoms with Crippen LogP contribution in [0.5, 0.6) is 0 Å². The molecule has 0 aliphatic carbocycles. The van der Waals surface area contributed by atoms with E-state index in [1.165, 1.54) is 64.7 Å². The number of halogens is 1. The lowest BCUT2D eigenvalue weighted by Crippen LogP contribution is -2.21. The van der Waals surface area contributed by atoms with Crippen LogP contribution in [-0.2, 0) is 0 Å². The van der Waals surface area contributed by atoms with Crippen LogP contribution in [0.15, 0.2) is 0 Å². The van der Waals surface area contributed by atoms with Crippen molar-refractivity contribution in [3.8, 4) is 0 Å². The van der Waals surface area contributed by atoms with Crippen LogP contribution in [0.4, 0.5) is 0 Å². The van der Waals surface area contributed by atoms with Crippen LogP contribution < -0.4 is 10.6 Å². The van der Waals surface area contributed by atoms with E-state index >= 15 is 0 Å². The Kier molecular flexibility index (Phi) is 10.5. The Morgan fingerprint density at radius 1 is 0.462 bits per heavy atom. The maximum atomic E-state index is 3.28. The standard InChI is InChI=1S/2C5H11N.ClH/c2*1-2-4-6-5-3-1;/h2*6H,1-5H2;1H. The number of hydrogen-bond acceptors (Lipinski definition) is 2. The Labute approximate surface area is 88.3 Å². The predicted octanol–water partition coefficient (Wildman–Crippen LogP) is 1.94. The normalized spacial score (nSPS) is 22.2. The molecule has 3 heteroatoms. The first-order chi connectivity index (χ1) is 6.00. The molecule has 2 nitrogen and oxygen atoms in total. The largest absolute Gasteiger partial charge is 0.317 e. The van der Waals surface area contributed by atoms with Gasteiger partial charge < -0.3 is 10.6 Å². The number of rotatable bonds is 0. The lowest BCUT2D eigenvalue weighted by Gasteiger charge is -2.08. The molecule has 2 rings (SSSR count). The summed E-state index contributed by atoms with van der Waals surface area (Å²) >= 11 is 0. The number of nitrogens with one attached hydrogen (secondary N) is 2. The minimum absolute atomic E-state index is 0. The molecule has 13 heavy (non-hydrogen) atoms. The molecule has 2 aliphatic heterocycles. The Balaban J connectivity index is 0.000000206. The van der Waals surface area contributed by atoms with Crippen LogP contribution in [0.2, 0.25) is 0 Å². The second-order valence-corrected chi connectivity index (χ2v) is 3.62. The van der Waals surface area contributed by atoms with Crippen molar-refractivity contribution < 1.29 is 0 Å². The van der Waals surface area contributed by atoms with Crippen molar-refractivity contribution in [1.29, 1.82) is 0 Å². The quantitative estimate of drug-likeness (QED) is 0.633. The Morgan fingerprint density at radius 3 is 0.846 bits per heavy atom. The zero-order chi connectivity index (χ0) is 8.49. The van der Waals surface area contributed by atoms with Gasteiger partial charge >= 0.3 is 0 Å². The first-order valence-electron chi connectivity index (χ1n) is 5.41. The van der Waals surface area contributed by atoms with Crippen molar-refractivity contribution in [1.82, 2.24) is 10.6 Å². The van der Waals surface area contributed by atoms with Gasteiger partial charge in [-0.05, 0) is 51.9 Å². The van der Waals surface area contributed by atoms with Crippen LogP contribution in [0, 0.1) is 0 Å². The summed E-state index contributed by atoms with van der Waals surface area (Å²) < 4.78 is 0. The summed E-state index contributed by atoms with van der Waals surface area (Å²) in [6.45, 7) is 5.00. The smallest absolute Gasteiger partial charge is 0.00489 e. The van der Waals surface area contributed by atoms with E-state index in [4.69, 9.17) is 0 Å². The first kappa shape index (κ1) is 13.2. The summed E-state index contributed by atoms with van der Waals surface area (Å²) in [4.78, 5) is 0. The fraction of sp³-hybridized carbons (Fsp3) is 1.00. The van der Waals surface area contributed by atoms with Crippen molar-refractivity contribution in [3.05, 3.63) is 0 Å². The Bertz CT molecular complexity index is 55.9. The van der Waals surface area contributed by atoms with Gasteiger partial charge in [0.1, 0.15) is 0 Å². The molecule has 0 aromatic heterocycles. The molecule has 0 unspecified atom stereocenters. The molecule has 2 N–H and O–H groups in total. The fourth-order valence-electron chi connectivity index (χ4n) is 1.60. The molecule has 0 saturated carbocycles. The molecule has 0 bridgehead atoms. The summed E-state index contributed by atoms with van der Waals surface area (Å²) in [6, 6.07) is 0. The van der Waals surface area contributed by atoms with E-state index in [1.807, 2.05) is 0 Å². The summed E-state index contributed by atoms with van der Waals surface area (Å²) in [5, 5.41) is 6.57. The molecule has 0 atom stereocenters. The molecule has 0 aromatic carbocycles. The van der Waals surface area contributed by atoms with Gasteiger partial charge in [0.05, 0.1) is 0 Å². The third-order valence-corrected chi connectivity index (χ3v) is 2.41. The van der Waals surface area contributed by atoms with E-state index in [0.29, 0.717) is 0 Å². The predicted molar refractivity (Wildman–Crippen MR) is 60.7 cm³/mol. The van der Waals surface area contributed by atoms with Gasteiger partial charge in [-0.1, -0.05) is 12.8 Å². The molecule has 0 aromatic rings. The van der Waals surface area contributed by atoms with Crippen LogP contribution in [0.3, 0.4) is 0 Å². The molecule has 2 aliphatic rings. The minimum Gasteiger partial charge on any atom is -0.317 e. The van der Waals surface area contributed by atoms with E-state index in [-0.39, 0.29) is 12.4 Å². The summed E-state index contributed by atoms with van der Waals surface area (Å²) in [5.74, 6) is 0. The summed E-state index contributed by atoms with van der Waals surface area (Å²) in [5.41, 5.74) is 0. The fourth-order valence-corrected chi connectivity index (χ4v) is 1.60. The molecule has 0 amide bonds. The molecule has 80 valence electrons. The second kappa shape index (κ2) is 10.3. The van der Waals surface area contributed by atoms with Gasteiger partial charge in [-0.15, -0.1) is 12.4 Å². The summed E-state index contributed by atoms with van der Waals surface area (Å²) in [7, 11) is 0. The van der Waals surface area contributed by atoms with E-state index in [9.17, 15) is 0 Å². The Morgan fingerprint density at radius 2 is 0.769 bits per heavy atom. The van der Waals surface area contributed by atoms with Gasteiger partial charge in [-0.25, -0.2) is 0 Å². The minimum atomic E-state index is 0. The van der Waals surface area contributed by atoms with Gasteiger partial charge in [0.15, 0.2) is 0 Å². The molecular formula is C10H23ClN2. The zero-order valence-corrected chi connectivity index (χ0v) is 9.30. The Hall–Kier alpha value is 0.210. The van der Waals surface area contributed by atoms with Gasteiger partial charge in [0.25, 0.3) is 0 Å². The van der Waals surface area contributed by atoms with Crippen molar-refractivity contribution in [2.24, 2.45) is 0 Å². The highest BCUT2D eigenvalue weighted by Gasteiger charge is 1.94. The molecule has 0 spiro atoms. The first-order valence-corrected chi connectivity index (χ1v) is 5.41. The second-order valence-electron chi connectivity index (χ2n) is 3.62. The highest BCUT2D eigenvalue weighted by Crippen LogP contribution is 1.97. The van der Waals surface area contributed by atoms with E-state index in [1.54, 1.807) is 0 Å². The maximum Gasteiger partial charge on any atom is -0.00489 e. The van der Waals surface area contributed by atoms with Crippen molar-refractivity contribution >= 4 is 12.4 Å². The van der Waals surface area contributed by atoms with Gasteiger partial charge in [-0.2, -0.15) is 0 Å². The molecule has 2 fully saturated rings. The average Bonchev–Trinajstić information content (AvgIpc) is 2.24. The van der Waals surface area contributed by atoms with Crippen LogP contribution in [-0.4, -0.2) is 26.2 Å². The summed E-state index contributed by atoms with van der Waals surface area (Å²) in [6.07, 6.45) is 8.43. The van der Waals surface area contributed by atoms with E-state index in [0.717, 1.165) is 0 Å². The molecule has 2 saturated heterocycles. The van der Waals surface area contributed by atoms with Crippen molar-refractivity contribution in [2.45, 2.75) is 38.5 Å². The van der Waals surface area contributed by atoms with Gasteiger partial charge in [0, 0.05) is 0 Å². The highest BCUT2D eigenvalue weighted by atomic mass is 35.5. The third-order valence-electron chi connectivity index (χ3n) is 2.41. The van der Waals surface area contributed by atoms with Crippen LogP contribution in [0.1, 0.15) is 38.5 Å². The zero-order valence-electron chi connectivity index (χ0n) is 8.48. The highest BCUT2D eigenvalue weighted by molar-refractivity contribution is 5.85. The monoisotopic (exact) mass is 206 g/mol. The van der Waals surface area contributed by atoms with Crippen molar-refractivity contribution in [2.75, 3.05) is 26.2 Å². The van der Waals surface area contributed by atoms with Crippen LogP contribution >= 0.6 is 12.4 Å². The lowest BCUT2D eigenvalue weighted by atomic mass is 10.2. The molecule has 0 radical (unpaired) electrons. The number of piperidine rings is 2. The van der Waals surface area contributed by atoms with Crippen molar-refractivity contribution in [3.63, 3.8) is 0 Å². The topological polar surface area (TPSA) is 24.1 Å². The van der Waals surface area contributed by atoms with E-state index in [2.05, 4.69) is 10.6 Å². The SMILES string of the molecule is C1CCNCC1.C1CCNCC1.Cl. The maximum absolute atomic E-state index is 3.28. The van der Waals surface area contributed by atoms with Gasteiger partial charge in [-0.3, -0.25) is 0 Å². The average molecular weight is 207 g/mol. The molecular weight excluding hydrogens is 184 g/mol. The van der Waals surface area contributed by atoms with Crippen LogP contribution in [0.25, 0.3) is 0 Å².